The fourth-order valence-corrected chi connectivity index (χ4v) is 5.02. The minimum absolute atomic E-state index is 0.0984. The Morgan fingerprint density at radius 1 is 1.08 bits per heavy atom. The Morgan fingerprint density at radius 3 is 2.55 bits per heavy atom. The fourth-order valence-electron chi connectivity index (χ4n) is 3.15. The van der Waals surface area contributed by atoms with Crippen LogP contribution in [0, 0.1) is 6.92 Å². The van der Waals surface area contributed by atoms with Crippen LogP contribution in [0.2, 0.25) is 10.0 Å². The Labute approximate surface area is 231 Å². The van der Waals surface area contributed by atoms with Gasteiger partial charge in [0.25, 0.3) is 5.91 Å². The molecule has 4 rings (SSSR count). The number of nitrogens with zero attached hydrogens (tertiary/aromatic N) is 5. The molecule has 0 spiro atoms. The van der Waals surface area contributed by atoms with E-state index in [4.69, 9.17) is 23.2 Å². The number of benzene rings is 2. The van der Waals surface area contributed by atoms with Crippen molar-refractivity contribution in [2.45, 2.75) is 24.8 Å². The molecule has 2 heterocycles. The Balaban J connectivity index is 1.58. The highest BCUT2D eigenvalue weighted by molar-refractivity contribution is 7.99. The summed E-state index contributed by atoms with van der Waals surface area (Å²) in [4.78, 5) is 25.1. The van der Waals surface area contributed by atoms with E-state index in [0.717, 1.165) is 23.9 Å². The molecular formula is C22H16Cl2F3N7O2S2. The summed E-state index contributed by atoms with van der Waals surface area (Å²) >= 11 is 14.1. The molecule has 0 saturated carbocycles. The van der Waals surface area contributed by atoms with Gasteiger partial charge < -0.3 is 5.32 Å². The number of rotatable bonds is 8. The van der Waals surface area contributed by atoms with E-state index >= 15 is 0 Å². The van der Waals surface area contributed by atoms with E-state index in [1.165, 1.54) is 46.2 Å². The molecule has 0 aliphatic rings. The summed E-state index contributed by atoms with van der Waals surface area (Å²) in [6.45, 7) is 1.54. The van der Waals surface area contributed by atoms with Crippen molar-refractivity contribution in [3.05, 3.63) is 74.5 Å². The van der Waals surface area contributed by atoms with Crippen LogP contribution in [0.5, 0.6) is 0 Å². The lowest BCUT2D eigenvalue weighted by atomic mass is 10.2. The molecule has 16 heteroatoms. The van der Waals surface area contributed by atoms with Crippen molar-refractivity contribution in [1.29, 1.82) is 0 Å². The standard InChI is InChI=1S/C22H16Cl2F3N7O2S2/c1-11-30-32-20(38-11)29-18(35)10-37-21-33-31-17(9-28-19(36)15-6-5-13(23)8-16(15)24)34(21)14-4-2-3-12(7-14)22(25,26)27/h2-8H,9-10H2,1H3,(H,28,36)(H,29,32,35). The Hall–Kier alpha value is -3.20. The van der Waals surface area contributed by atoms with Gasteiger partial charge in [0.15, 0.2) is 11.0 Å². The van der Waals surface area contributed by atoms with E-state index in [1.54, 1.807) is 6.92 Å². The number of alkyl halides is 3. The summed E-state index contributed by atoms with van der Waals surface area (Å²) in [6.07, 6.45) is -4.59. The third-order valence-electron chi connectivity index (χ3n) is 4.82. The summed E-state index contributed by atoms with van der Waals surface area (Å²) in [5.74, 6) is -0.976. The van der Waals surface area contributed by atoms with Crippen molar-refractivity contribution in [2.24, 2.45) is 0 Å². The third-order valence-corrected chi connectivity index (χ3v) is 7.05. The maximum absolute atomic E-state index is 13.4. The van der Waals surface area contributed by atoms with Crippen LogP contribution >= 0.6 is 46.3 Å². The number of nitrogens with one attached hydrogen (secondary N) is 2. The first kappa shape index (κ1) is 27.8. The molecule has 0 atom stereocenters. The first-order valence-electron chi connectivity index (χ1n) is 10.6. The first-order chi connectivity index (χ1) is 18.0. The van der Waals surface area contributed by atoms with Gasteiger partial charge in [-0.3, -0.25) is 19.5 Å². The maximum Gasteiger partial charge on any atom is 0.416 e. The van der Waals surface area contributed by atoms with Crippen molar-refractivity contribution in [1.82, 2.24) is 30.3 Å². The molecule has 0 radical (unpaired) electrons. The summed E-state index contributed by atoms with van der Waals surface area (Å²) in [5.41, 5.74) is -0.632. The van der Waals surface area contributed by atoms with Gasteiger partial charge in [0.05, 0.1) is 34.1 Å². The van der Waals surface area contributed by atoms with Crippen LogP contribution in [0.4, 0.5) is 18.3 Å². The summed E-state index contributed by atoms with van der Waals surface area (Å²) in [6, 6.07) is 8.89. The zero-order valence-corrected chi connectivity index (χ0v) is 22.4. The number of carbonyl (C=O) groups excluding carboxylic acids is 2. The van der Waals surface area contributed by atoms with Crippen molar-refractivity contribution in [2.75, 3.05) is 11.1 Å². The highest BCUT2D eigenvalue weighted by Gasteiger charge is 2.31. The number of carbonyl (C=O) groups is 2. The quantitative estimate of drug-likeness (QED) is 0.259. The average molecular weight is 602 g/mol. The SMILES string of the molecule is Cc1nnc(NC(=O)CSc2nnc(CNC(=O)c3ccc(Cl)cc3Cl)n2-c2cccc(C(F)(F)F)c2)s1. The molecule has 0 fully saturated rings. The molecule has 4 aromatic rings. The minimum Gasteiger partial charge on any atom is -0.345 e. The molecule has 0 unspecified atom stereocenters. The van der Waals surface area contributed by atoms with E-state index < -0.39 is 23.6 Å². The summed E-state index contributed by atoms with van der Waals surface area (Å²) in [7, 11) is 0. The van der Waals surface area contributed by atoms with E-state index in [9.17, 15) is 22.8 Å². The number of hydrogen-bond donors (Lipinski definition) is 2. The second-order valence-electron chi connectivity index (χ2n) is 7.55. The lowest BCUT2D eigenvalue weighted by molar-refractivity contribution is -0.137. The molecule has 0 saturated heterocycles. The molecule has 2 N–H and O–H groups in total. The third kappa shape index (κ3) is 6.81. The molecule has 0 aliphatic carbocycles. The Bertz CT molecular complexity index is 1490. The normalized spacial score (nSPS) is 11.4. The largest absolute Gasteiger partial charge is 0.416 e. The number of aromatic nitrogens is 5. The predicted octanol–water partition coefficient (Wildman–Crippen LogP) is 5.41. The Kier molecular flexibility index (Phi) is 8.55. The molecule has 38 heavy (non-hydrogen) atoms. The summed E-state index contributed by atoms with van der Waals surface area (Å²) in [5, 5.41) is 22.6. The smallest absolute Gasteiger partial charge is 0.345 e. The van der Waals surface area contributed by atoms with E-state index in [1.807, 2.05) is 0 Å². The van der Waals surface area contributed by atoms with Crippen molar-refractivity contribution >= 4 is 63.2 Å². The molecular weight excluding hydrogens is 586 g/mol. The monoisotopic (exact) mass is 601 g/mol. The van der Waals surface area contributed by atoms with E-state index in [2.05, 4.69) is 31.0 Å². The van der Waals surface area contributed by atoms with Crippen molar-refractivity contribution in [3.63, 3.8) is 0 Å². The lowest BCUT2D eigenvalue weighted by Gasteiger charge is -2.13. The van der Waals surface area contributed by atoms with Crippen molar-refractivity contribution in [3.8, 4) is 5.69 Å². The second-order valence-corrected chi connectivity index (χ2v) is 10.5. The van der Waals surface area contributed by atoms with Gasteiger partial charge in [-0.15, -0.1) is 20.4 Å². The second kappa shape index (κ2) is 11.7. The first-order valence-corrected chi connectivity index (χ1v) is 13.1. The fraction of sp³-hybridized carbons (Fsp3) is 0.182. The number of hydrogen-bond acceptors (Lipinski definition) is 8. The van der Waals surface area contributed by atoms with Crippen LogP contribution in [-0.2, 0) is 17.5 Å². The molecule has 2 aromatic carbocycles. The van der Waals surface area contributed by atoms with Gasteiger partial charge in [0, 0.05) is 5.02 Å². The van der Waals surface area contributed by atoms with Gasteiger partial charge in [-0.05, 0) is 43.3 Å². The number of anilines is 1. The maximum atomic E-state index is 13.4. The highest BCUT2D eigenvalue weighted by Crippen LogP contribution is 2.32. The number of amides is 2. The molecule has 0 aliphatic heterocycles. The van der Waals surface area contributed by atoms with Crippen LogP contribution < -0.4 is 10.6 Å². The average Bonchev–Trinajstić information content (AvgIpc) is 3.46. The number of thioether (sulfide) groups is 1. The number of aryl methyl sites for hydroxylation is 1. The van der Waals surface area contributed by atoms with Crippen LogP contribution in [0.3, 0.4) is 0 Å². The van der Waals surface area contributed by atoms with E-state index in [0.29, 0.717) is 15.2 Å². The van der Waals surface area contributed by atoms with Crippen LogP contribution in [0.25, 0.3) is 5.69 Å². The van der Waals surface area contributed by atoms with Crippen LogP contribution in [0.15, 0.2) is 47.6 Å². The van der Waals surface area contributed by atoms with Crippen LogP contribution in [0.1, 0.15) is 26.8 Å². The molecule has 2 aromatic heterocycles. The minimum atomic E-state index is -4.59. The van der Waals surface area contributed by atoms with E-state index in [-0.39, 0.29) is 39.6 Å². The topological polar surface area (TPSA) is 115 Å². The van der Waals surface area contributed by atoms with Crippen LogP contribution in [-0.4, -0.2) is 42.5 Å². The molecule has 198 valence electrons. The van der Waals surface area contributed by atoms with Gasteiger partial charge in [-0.1, -0.05) is 52.4 Å². The van der Waals surface area contributed by atoms with Gasteiger partial charge in [-0.25, -0.2) is 0 Å². The highest BCUT2D eigenvalue weighted by atomic mass is 35.5. The molecule has 9 nitrogen and oxygen atoms in total. The summed E-state index contributed by atoms with van der Waals surface area (Å²) < 4.78 is 41.5. The van der Waals surface area contributed by atoms with Gasteiger partial charge in [0.1, 0.15) is 5.01 Å². The predicted molar refractivity (Wildman–Crippen MR) is 138 cm³/mol. The molecule has 0 bridgehead atoms. The number of halogens is 5. The van der Waals surface area contributed by atoms with Gasteiger partial charge in [0.2, 0.25) is 11.0 Å². The zero-order valence-electron chi connectivity index (χ0n) is 19.2. The Morgan fingerprint density at radius 2 is 1.87 bits per heavy atom. The van der Waals surface area contributed by atoms with Gasteiger partial charge in [-0.2, -0.15) is 13.2 Å². The molecule has 2 amide bonds. The lowest BCUT2D eigenvalue weighted by Crippen LogP contribution is -2.25. The van der Waals surface area contributed by atoms with Gasteiger partial charge >= 0.3 is 6.18 Å². The zero-order chi connectivity index (χ0) is 27.4. The van der Waals surface area contributed by atoms with Crippen molar-refractivity contribution < 1.29 is 22.8 Å².